The molecule has 3 heteroatoms. The van der Waals surface area contributed by atoms with E-state index < -0.39 is 0 Å². The predicted molar refractivity (Wildman–Crippen MR) is 49.7 cm³/mol. The Labute approximate surface area is 74.9 Å². The fraction of sp³-hybridized carbons (Fsp3) is 0.875. The molecule has 0 aromatic heterocycles. The van der Waals surface area contributed by atoms with Gasteiger partial charge in [0.15, 0.2) is 0 Å². The highest BCUT2D eigenvalue weighted by Crippen LogP contribution is 2.51. The maximum atomic E-state index is 8.58. The monoisotopic (exact) mass is 179 g/mol. The first kappa shape index (κ1) is 13.4. The Kier molecular flexibility index (Phi) is 7.85. The highest BCUT2D eigenvalue weighted by atomic mass is 35.5. The molecule has 0 unspecified atom stereocenters. The van der Waals surface area contributed by atoms with Crippen molar-refractivity contribution in [2.24, 2.45) is 11.1 Å². The van der Waals surface area contributed by atoms with Crippen molar-refractivity contribution in [2.45, 2.75) is 39.5 Å². The number of carbonyl (C=O) groups is 1. The molecular weight excluding hydrogens is 162 g/mol. The molecule has 11 heavy (non-hydrogen) atoms. The van der Waals surface area contributed by atoms with Crippen LogP contribution in [-0.2, 0) is 4.79 Å². The van der Waals surface area contributed by atoms with Crippen molar-refractivity contribution in [1.82, 2.24) is 0 Å². The van der Waals surface area contributed by atoms with E-state index in [2.05, 4.69) is 19.6 Å². The number of halogens is 1. The third-order valence-electron chi connectivity index (χ3n) is 2.46. The van der Waals surface area contributed by atoms with Crippen LogP contribution in [0.3, 0.4) is 0 Å². The molecule has 1 aliphatic carbocycles. The zero-order valence-electron chi connectivity index (χ0n) is 7.30. The first-order valence-electron chi connectivity index (χ1n) is 3.90. The van der Waals surface area contributed by atoms with Crippen molar-refractivity contribution >= 4 is 18.8 Å². The molecule has 0 atom stereocenters. The van der Waals surface area contributed by atoms with Crippen LogP contribution in [0.2, 0.25) is 0 Å². The van der Waals surface area contributed by atoms with Gasteiger partial charge in [0.2, 0.25) is 6.41 Å². The summed E-state index contributed by atoms with van der Waals surface area (Å²) in [7, 11) is 0. The highest BCUT2D eigenvalue weighted by Gasteiger charge is 2.37. The summed E-state index contributed by atoms with van der Waals surface area (Å²) in [6, 6.07) is 0. The summed E-state index contributed by atoms with van der Waals surface area (Å²) < 4.78 is 0. The first-order valence-corrected chi connectivity index (χ1v) is 3.90. The molecule has 0 saturated heterocycles. The van der Waals surface area contributed by atoms with Gasteiger partial charge in [-0.05, 0) is 18.3 Å². The molecule has 0 radical (unpaired) electrons. The van der Waals surface area contributed by atoms with Gasteiger partial charge in [0, 0.05) is 0 Å². The second-order valence-electron chi connectivity index (χ2n) is 2.84. The van der Waals surface area contributed by atoms with Gasteiger partial charge in [-0.25, -0.2) is 0 Å². The lowest BCUT2D eigenvalue weighted by Crippen LogP contribution is -1.92. The van der Waals surface area contributed by atoms with E-state index in [-0.39, 0.29) is 18.8 Å². The number of nitrogens with two attached hydrogens (primary N) is 1. The topological polar surface area (TPSA) is 43.1 Å². The molecule has 1 aliphatic rings. The van der Waals surface area contributed by atoms with E-state index in [1.165, 1.54) is 25.7 Å². The summed E-state index contributed by atoms with van der Waals surface area (Å²) in [6.45, 7) is 4.60. The average Bonchev–Trinajstić information content (AvgIpc) is 2.69. The van der Waals surface area contributed by atoms with Gasteiger partial charge in [0.25, 0.3) is 0 Å². The Bertz CT molecular complexity index is 96.3. The third kappa shape index (κ3) is 5.08. The number of hydrogen-bond donors (Lipinski definition) is 1. The van der Waals surface area contributed by atoms with Gasteiger partial charge >= 0.3 is 0 Å². The van der Waals surface area contributed by atoms with Crippen LogP contribution in [0.25, 0.3) is 0 Å². The zero-order chi connectivity index (χ0) is 8.04. The van der Waals surface area contributed by atoms with Gasteiger partial charge in [0.1, 0.15) is 0 Å². The minimum atomic E-state index is 0. The Balaban J connectivity index is 0. The van der Waals surface area contributed by atoms with E-state index in [1.807, 2.05) is 0 Å². The second kappa shape index (κ2) is 6.47. The van der Waals surface area contributed by atoms with E-state index in [0.717, 1.165) is 5.41 Å². The lowest BCUT2D eigenvalue weighted by Gasteiger charge is -2.04. The average molecular weight is 180 g/mol. The SMILES string of the molecule is CCC1(CC)CC1.Cl.NC=O. The molecule has 1 fully saturated rings. The molecule has 0 aromatic rings. The number of primary amides is 1. The summed E-state index contributed by atoms with van der Waals surface area (Å²) in [5.41, 5.74) is 5.00. The molecule has 68 valence electrons. The van der Waals surface area contributed by atoms with Crippen molar-refractivity contribution < 1.29 is 4.79 Å². The van der Waals surface area contributed by atoms with Crippen molar-refractivity contribution in [1.29, 1.82) is 0 Å². The molecule has 1 saturated carbocycles. The Morgan fingerprint density at radius 3 is 1.64 bits per heavy atom. The quantitative estimate of drug-likeness (QED) is 0.649. The Morgan fingerprint density at radius 1 is 1.36 bits per heavy atom. The van der Waals surface area contributed by atoms with Crippen LogP contribution >= 0.6 is 12.4 Å². The van der Waals surface area contributed by atoms with Gasteiger partial charge in [-0.15, -0.1) is 12.4 Å². The largest absolute Gasteiger partial charge is 0.372 e. The van der Waals surface area contributed by atoms with Crippen LogP contribution in [-0.4, -0.2) is 6.41 Å². The summed E-state index contributed by atoms with van der Waals surface area (Å²) >= 11 is 0. The van der Waals surface area contributed by atoms with Crippen LogP contribution in [0, 0.1) is 5.41 Å². The van der Waals surface area contributed by atoms with Gasteiger partial charge in [0.05, 0.1) is 0 Å². The zero-order valence-corrected chi connectivity index (χ0v) is 8.12. The molecule has 0 aliphatic heterocycles. The maximum absolute atomic E-state index is 8.58. The molecule has 0 bridgehead atoms. The van der Waals surface area contributed by atoms with Crippen LogP contribution < -0.4 is 5.73 Å². The summed E-state index contributed by atoms with van der Waals surface area (Å²) in [5.74, 6) is 0. The molecular formula is C8H18ClNO. The fourth-order valence-electron chi connectivity index (χ4n) is 1.13. The first-order chi connectivity index (χ1) is 4.74. The van der Waals surface area contributed by atoms with Crippen LogP contribution in [0.1, 0.15) is 39.5 Å². The number of rotatable bonds is 2. The molecule has 2 N–H and O–H groups in total. The Morgan fingerprint density at radius 2 is 1.64 bits per heavy atom. The van der Waals surface area contributed by atoms with Crippen LogP contribution in [0.5, 0.6) is 0 Å². The minimum absolute atomic E-state index is 0. The van der Waals surface area contributed by atoms with Crippen molar-refractivity contribution in [3.05, 3.63) is 0 Å². The second-order valence-corrected chi connectivity index (χ2v) is 2.84. The molecule has 1 rings (SSSR count). The van der Waals surface area contributed by atoms with E-state index in [4.69, 9.17) is 4.79 Å². The maximum Gasteiger partial charge on any atom is 0.204 e. The van der Waals surface area contributed by atoms with Crippen molar-refractivity contribution in [3.63, 3.8) is 0 Å². The standard InChI is InChI=1S/C7H14.CH3NO.ClH/c1-3-7(4-2)5-6-7;2-1-3;/h3-6H2,1-2H3;1H,(H2,2,3);1H. The fourth-order valence-corrected chi connectivity index (χ4v) is 1.13. The van der Waals surface area contributed by atoms with Gasteiger partial charge < -0.3 is 5.73 Å². The molecule has 1 amide bonds. The van der Waals surface area contributed by atoms with Gasteiger partial charge in [-0.1, -0.05) is 26.7 Å². The van der Waals surface area contributed by atoms with E-state index in [9.17, 15) is 0 Å². The Hall–Kier alpha value is -0.240. The molecule has 0 spiro atoms. The van der Waals surface area contributed by atoms with Gasteiger partial charge in [-0.3, -0.25) is 4.79 Å². The number of carbonyl (C=O) groups excluding carboxylic acids is 1. The summed E-state index contributed by atoms with van der Waals surface area (Å²) in [4.78, 5) is 8.58. The third-order valence-corrected chi connectivity index (χ3v) is 2.46. The van der Waals surface area contributed by atoms with Crippen LogP contribution in [0.4, 0.5) is 0 Å². The summed E-state index contributed by atoms with van der Waals surface area (Å²) in [5, 5.41) is 0. The molecule has 0 aromatic carbocycles. The van der Waals surface area contributed by atoms with Crippen LogP contribution in [0.15, 0.2) is 0 Å². The van der Waals surface area contributed by atoms with E-state index in [1.54, 1.807) is 0 Å². The smallest absolute Gasteiger partial charge is 0.204 e. The van der Waals surface area contributed by atoms with Crippen molar-refractivity contribution in [3.8, 4) is 0 Å². The normalized spacial score (nSPS) is 16.9. The lowest BCUT2D eigenvalue weighted by atomic mass is 10.0. The number of hydrogen-bond acceptors (Lipinski definition) is 1. The van der Waals surface area contributed by atoms with Gasteiger partial charge in [-0.2, -0.15) is 0 Å². The summed E-state index contributed by atoms with van der Waals surface area (Å²) in [6.07, 6.45) is 6.06. The molecule has 0 heterocycles. The minimum Gasteiger partial charge on any atom is -0.372 e. The van der Waals surface area contributed by atoms with Crippen molar-refractivity contribution in [2.75, 3.05) is 0 Å². The van der Waals surface area contributed by atoms with E-state index >= 15 is 0 Å². The lowest BCUT2D eigenvalue weighted by molar-refractivity contribution is -0.106. The predicted octanol–water partition coefficient (Wildman–Crippen LogP) is 2.11. The molecule has 2 nitrogen and oxygen atoms in total. The highest BCUT2D eigenvalue weighted by molar-refractivity contribution is 5.85. The van der Waals surface area contributed by atoms with E-state index in [0.29, 0.717) is 0 Å². The number of amides is 1.